The molecule has 11 heteroatoms. The van der Waals surface area contributed by atoms with E-state index in [2.05, 4.69) is 26.6 Å². The zero-order chi connectivity index (χ0) is 24.1. The lowest BCUT2D eigenvalue weighted by Gasteiger charge is -2.55. The topological polar surface area (TPSA) is 134 Å². The van der Waals surface area contributed by atoms with Gasteiger partial charge in [0.2, 0.25) is 6.29 Å². The Labute approximate surface area is 198 Å². The van der Waals surface area contributed by atoms with E-state index in [4.69, 9.17) is 23.9 Å². The van der Waals surface area contributed by atoms with E-state index in [1.54, 1.807) is 27.4 Å². The molecule has 2 aromatic heterocycles. The van der Waals surface area contributed by atoms with Gasteiger partial charge in [-0.1, -0.05) is 6.07 Å². The van der Waals surface area contributed by atoms with Gasteiger partial charge in [0.1, 0.15) is 31.2 Å². The number of aliphatic hydroxyl groups is 1. The highest BCUT2D eigenvalue weighted by atomic mass is 16.7. The molecule has 0 atom stereocenters. The quantitative estimate of drug-likeness (QED) is 0.310. The molecule has 3 aliphatic rings. The highest BCUT2D eigenvalue weighted by Crippen LogP contribution is 2.52. The normalized spacial score (nSPS) is 20.5. The van der Waals surface area contributed by atoms with Crippen LogP contribution in [0, 0.1) is 11.3 Å². The van der Waals surface area contributed by atoms with Crippen LogP contribution in [0.25, 0.3) is 0 Å². The standard InChI is InChI=1S/C23H30N6O5/c1-31-7-6-25-19-8-20(26-12-15(19)11-24)27-13-34-14-29-16-9-23(30,10-16)17-4-5-18(28-21(17)29)22(32-2)33-3/h4-5,8,12,16,22,30H,6-7,9-10,13-14H2,1-3H3,(H2,25,26,27). The second kappa shape index (κ2) is 10.5. The Bertz CT molecular complexity index is 1030. The lowest BCUT2D eigenvalue weighted by atomic mass is 9.67. The van der Waals surface area contributed by atoms with Crippen LogP contribution in [0.15, 0.2) is 24.4 Å². The predicted octanol–water partition coefficient (Wildman–Crippen LogP) is 1.91. The van der Waals surface area contributed by atoms with E-state index >= 15 is 0 Å². The summed E-state index contributed by atoms with van der Waals surface area (Å²) in [4.78, 5) is 11.0. The van der Waals surface area contributed by atoms with Crippen LogP contribution in [-0.4, -0.2) is 69.1 Å². The number of hydrogen-bond acceptors (Lipinski definition) is 11. The third-order valence-electron chi connectivity index (χ3n) is 6.16. The third kappa shape index (κ3) is 4.77. The van der Waals surface area contributed by atoms with Gasteiger partial charge in [0.25, 0.3) is 0 Å². The average molecular weight is 471 g/mol. The average Bonchev–Trinajstić information content (AvgIpc) is 2.83. The fourth-order valence-corrected chi connectivity index (χ4v) is 4.36. The van der Waals surface area contributed by atoms with Gasteiger partial charge in [0, 0.05) is 64.6 Å². The maximum absolute atomic E-state index is 10.9. The van der Waals surface area contributed by atoms with Gasteiger partial charge < -0.3 is 39.6 Å². The van der Waals surface area contributed by atoms with Gasteiger partial charge in [-0.3, -0.25) is 0 Å². The number of rotatable bonds is 12. The maximum atomic E-state index is 10.9. The van der Waals surface area contributed by atoms with E-state index in [0.29, 0.717) is 54.6 Å². The van der Waals surface area contributed by atoms with Crippen LogP contribution >= 0.6 is 0 Å². The first-order valence-electron chi connectivity index (χ1n) is 11.0. The van der Waals surface area contributed by atoms with E-state index in [1.807, 2.05) is 12.1 Å². The molecule has 2 bridgehead atoms. The zero-order valence-corrected chi connectivity index (χ0v) is 19.6. The Morgan fingerprint density at radius 2 is 2.06 bits per heavy atom. The molecule has 0 amide bonds. The molecule has 0 radical (unpaired) electrons. The third-order valence-corrected chi connectivity index (χ3v) is 6.16. The summed E-state index contributed by atoms with van der Waals surface area (Å²) in [5.74, 6) is 1.27. The Morgan fingerprint density at radius 1 is 1.26 bits per heavy atom. The molecule has 34 heavy (non-hydrogen) atoms. The largest absolute Gasteiger partial charge is 0.385 e. The summed E-state index contributed by atoms with van der Waals surface area (Å²) < 4.78 is 21.6. The van der Waals surface area contributed by atoms with Crippen molar-refractivity contribution in [3.63, 3.8) is 0 Å². The van der Waals surface area contributed by atoms with Crippen molar-refractivity contribution in [2.45, 2.75) is 30.8 Å². The van der Waals surface area contributed by atoms with Crippen molar-refractivity contribution in [1.82, 2.24) is 9.97 Å². The molecule has 2 aliphatic heterocycles. The summed E-state index contributed by atoms with van der Waals surface area (Å²) in [7, 11) is 4.74. The van der Waals surface area contributed by atoms with Crippen molar-refractivity contribution in [2.75, 3.05) is 63.5 Å². The van der Waals surface area contributed by atoms with Gasteiger partial charge in [0.05, 0.1) is 29.2 Å². The zero-order valence-electron chi connectivity index (χ0n) is 19.6. The van der Waals surface area contributed by atoms with Crippen LogP contribution in [0.2, 0.25) is 0 Å². The molecule has 11 nitrogen and oxygen atoms in total. The monoisotopic (exact) mass is 470 g/mol. The second-order valence-corrected chi connectivity index (χ2v) is 8.27. The SMILES string of the molecule is COCCNc1cc(NCOCN2c3nc(C(OC)OC)ccc3C3(O)CC2C3)ncc1C#N. The van der Waals surface area contributed by atoms with E-state index in [9.17, 15) is 10.4 Å². The highest BCUT2D eigenvalue weighted by Gasteiger charge is 2.53. The fraction of sp³-hybridized carbons (Fsp3) is 0.522. The number of nitriles is 1. The Hall–Kier alpha value is -3.01. The molecular weight excluding hydrogens is 440 g/mol. The van der Waals surface area contributed by atoms with Crippen molar-refractivity contribution < 1.29 is 24.1 Å². The van der Waals surface area contributed by atoms with E-state index in [1.165, 1.54) is 6.20 Å². The molecule has 0 saturated heterocycles. The molecule has 0 unspecified atom stereocenters. The van der Waals surface area contributed by atoms with Gasteiger partial charge in [-0.2, -0.15) is 5.26 Å². The number of anilines is 3. The molecule has 182 valence electrons. The molecule has 0 aromatic carbocycles. The van der Waals surface area contributed by atoms with Crippen LogP contribution < -0.4 is 15.5 Å². The number of ether oxygens (including phenoxy) is 4. The van der Waals surface area contributed by atoms with Crippen LogP contribution in [-0.2, 0) is 24.5 Å². The Kier molecular flexibility index (Phi) is 7.45. The lowest BCUT2D eigenvalue weighted by Crippen LogP contribution is -2.59. The first-order valence-corrected chi connectivity index (χ1v) is 11.0. The molecule has 1 saturated carbocycles. The minimum atomic E-state index is -0.839. The summed E-state index contributed by atoms with van der Waals surface area (Å²) in [6.07, 6.45) is 2.21. The lowest BCUT2D eigenvalue weighted by molar-refractivity contribution is -0.109. The fourth-order valence-electron chi connectivity index (χ4n) is 4.36. The number of hydrogen-bond donors (Lipinski definition) is 3. The summed E-state index contributed by atoms with van der Waals surface area (Å²) in [6, 6.07) is 7.75. The second-order valence-electron chi connectivity index (χ2n) is 8.27. The first-order chi connectivity index (χ1) is 16.5. The van der Waals surface area contributed by atoms with Crippen molar-refractivity contribution in [1.29, 1.82) is 5.26 Å². The van der Waals surface area contributed by atoms with Crippen molar-refractivity contribution in [3.8, 4) is 6.07 Å². The minimum absolute atomic E-state index is 0.147. The number of aromatic nitrogens is 2. The molecule has 3 N–H and O–H groups in total. The van der Waals surface area contributed by atoms with Crippen LogP contribution in [0.1, 0.15) is 36.0 Å². The van der Waals surface area contributed by atoms with Crippen LogP contribution in [0.5, 0.6) is 0 Å². The Balaban J connectivity index is 1.40. The van der Waals surface area contributed by atoms with Crippen LogP contribution in [0.4, 0.5) is 17.3 Å². The molecule has 5 rings (SSSR count). The number of nitrogens with one attached hydrogen (secondary N) is 2. The molecule has 2 aromatic rings. The van der Waals surface area contributed by atoms with Gasteiger partial charge in [-0.15, -0.1) is 0 Å². The molecule has 0 spiro atoms. The van der Waals surface area contributed by atoms with Gasteiger partial charge in [-0.05, 0) is 6.07 Å². The van der Waals surface area contributed by atoms with Crippen molar-refractivity contribution in [2.24, 2.45) is 0 Å². The van der Waals surface area contributed by atoms with E-state index in [0.717, 1.165) is 5.56 Å². The van der Waals surface area contributed by atoms with Gasteiger partial charge in [0.15, 0.2) is 0 Å². The van der Waals surface area contributed by atoms with E-state index in [-0.39, 0.29) is 19.5 Å². The van der Waals surface area contributed by atoms with Crippen molar-refractivity contribution >= 4 is 17.3 Å². The molecular formula is C23H30N6O5. The maximum Gasteiger partial charge on any atom is 0.200 e. The number of pyridine rings is 2. The highest BCUT2D eigenvalue weighted by molar-refractivity contribution is 5.61. The summed E-state index contributed by atoms with van der Waals surface area (Å²) in [5, 5.41) is 26.5. The van der Waals surface area contributed by atoms with E-state index < -0.39 is 11.9 Å². The number of nitrogens with zero attached hydrogens (tertiary/aromatic N) is 4. The summed E-state index contributed by atoms with van der Waals surface area (Å²) >= 11 is 0. The molecule has 1 fully saturated rings. The summed E-state index contributed by atoms with van der Waals surface area (Å²) in [6.45, 7) is 1.60. The first kappa shape index (κ1) is 24.1. The van der Waals surface area contributed by atoms with Gasteiger partial charge in [-0.25, -0.2) is 9.97 Å². The van der Waals surface area contributed by atoms with Gasteiger partial charge >= 0.3 is 0 Å². The van der Waals surface area contributed by atoms with Crippen LogP contribution in [0.3, 0.4) is 0 Å². The smallest absolute Gasteiger partial charge is 0.200 e. The Morgan fingerprint density at radius 3 is 2.76 bits per heavy atom. The van der Waals surface area contributed by atoms with Crippen molar-refractivity contribution in [3.05, 3.63) is 41.2 Å². The number of methoxy groups -OCH3 is 3. The predicted molar refractivity (Wildman–Crippen MR) is 124 cm³/mol. The molecule has 4 heterocycles. The summed E-state index contributed by atoms with van der Waals surface area (Å²) in [5.41, 5.74) is 1.72. The molecule has 1 aliphatic carbocycles. The minimum Gasteiger partial charge on any atom is -0.385 e.